The standard InChI is InChI=1S/C26H29FN4O3/c1-31-9-3-4-10-33-18-19-13-20(15-22(27)14-19)24-7-8-28-26(30-24)29-23-5-6-25(21(16-23)17-31)34-12-11-32-2/h3-8,13-16H,9-12,17-18H2,1-2H3,(H,28,29,30). The summed E-state index contributed by atoms with van der Waals surface area (Å²) in [7, 11) is 3.70. The van der Waals surface area contributed by atoms with Gasteiger partial charge < -0.3 is 19.5 Å². The lowest BCUT2D eigenvalue weighted by Gasteiger charge is -2.19. The van der Waals surface area contributed by atoms with Crippen LogP contribution in [0.2, 0.25) is 0 Å². The normalized spacial score (nSPS) is 14.7. The molecule has 8 heteroatoms. The summed E-state index contributed by atoms with van der Waals surface area (Å²) in [5.74, 6) is 0.901. The van der Waals surface area contributed by atoms with E-state index in [9.17, 15) is 4.39 Å². The molecule has 2 aromatic carbocycles. The topological polar surface area (TPSA) is 68.7 Å². The number of halogens is 1. The van der Waals surface area contributed by atoms with Crippen LogP contribution >= 0.6 is 0 Å². The van der Waals surface area contributed by atoms with Gasteiger partial charge in [-0.05, 0) is 55.1 Å². The molecule has 1 aliphatic heterocycles. The van der Waals surface area contributed by atoms with Crippen molar-refractivity contribution in [3.8, 4) is 17.0 Å². The van der Waals surface area contributed by atoms with Crippen LogP contribution in [0, 0.1) is 5.82 Å². The minimum absolute atomic E-state index is 0.313. The number of nitrogens with one attached hydrogen (secondary N) is 1. The highest BCUT2D eigenvalue weighted by molar-refractivity contribution is 5.63. The first-order valence-electron chi connectivity index (χ1n) is 11.2. The summed E-state index contributed by atoms with van der Waals surface area (Å²) in [6.07, 6.45) is 5.70. The second-order valence-electron chi connectivity index (χ2n) is 8.09. The molecule has 6 bridgehead atoms. The summed E-state index contributed by atoms with van der Waals surface area (Å²) < 4.78 is 31.1. The molecule has 2 heterocycles. The van der Waals surface area contributed by atoms with Crippen LogP contribution < -0.4 is 10.1 Å². The van der Waals surface area contributed by atoms with E-state index in [1.807, 2.05) is 37.4 Å². The SMILES string of the molecule is COCCOc1ccc2cc1CN(C)CC=CCOCc1cc(F)cc(c1)-c1ccnc(n1)N2. The van der Waals surface area contributed by atoms with Crippen molar-refractivity contribution in [2.75, 3.05) is 45.8 Å². The second-order valence-corrected chi connectivity index (χ2v) is 8.09. The van der Waals surface area contributed by atoms with Gasteiger partial charge in [0.15, 0.2) is 0 Å². The highest BCUT2D eigenvalue weighted by Crippen LogP contribution is 2.27. The molecule has 0 unspecified atom stereocenters. The molecule has 0 saturated carbocycles. The van der Waals surface area contributed by atoms with Gasteiger partial charge in [-0.25, -0.2) is 14.4 Å². The van der Waals surface area contributed by atoms with E-state index in [-0.39, 0.29) is 5.82 Å². The van der Waals surface area contributed by atoms with Crippen molar-refractivity contribution in [2.24, 2.45) is 0 Å². The number of methoxy groups -OCH3 is 1. The predicted octanol–water partition coefficient (Wildman–Crippen LogP) is 4.57. The first-order chi connectivity index (χ1) is 16.6. The number of likely N-dealkylation sites (N-methyl/N-ethyl adjacent to an activating group) is 1. The van der Waals surface area contributed by atoms with Crippen LogP contribution in [0.5, 0.6) is 5.75 Å². The van der Waals surface area contributed by atoms with Crippen LogP contribution in [0.15, 0.2) is 60.8 Å². The number of anilines is 2. The molecule has 1 aliphatic rings. The number of rotatable bonds is 4. The summed E-state index contributed by atoms with van der Waals surface area (Å²) in [6, 6.07) is 12.5. The molecule has 0 aliphatic carbocycles. The minimum Gasteiger partial charge on any atom is -0.491 e. The Morgan fingerprint density at radius 3 is 2.91 bits per heavy atom. The van der Waals surface area contributed by atoms with Crippen molar-refractivity contribution in [1.82, 2.24) is 14.9 Å². The molecule has 4 rings (SSSR count). The number of nitrogens with zero attached hydrogens (tertiary/aromatic N) is 3. The molecule has 7 nitrogen and oxygen atoms in total. The molecule has 0 atom stereocenters. The van der Waals surface area contributed by atoms with E-state index in [1.54, 1.807) is 19.4 Å². The lowest BCUT2D eigenvalue weighted by Crippen LogP contribution is -2.19. The Bertz CT molecular complexity index is 1140. The molecule has 3 aromatic rings. The number of fused-ring (bicyclic) bond motifs is 7. The average molecular weight is 465 g/mol. The van der Waals surface area contributed by atoms with Gasteiger partial charge in [-0.1, -0.05) is 12.2 Å². The zero-order valence-electron chi connectivity index (χ0n) is 19.5. The van der Waals surface area contributed by atoms with Crippen molar-refractivity contribution < 1.29 is 18.6 Å². The van der Waals surface area contributed by atoms with Gasteiger partial charge in [-0.2, -0.15) is 0 Å². The Hall–Kier alpha value is -3.33. The monoisotopic (exact) mass is 464 g/mol. The Morgan fingerprint density at radius 2 is 2.03 bits per heavy atom. The third-order valence-corrected chi connectivity index (χ3v) is 5.28. The zero-order valence-corrected chi connectivity index (χ0v) is 19.5. The fourth-order valence-electron chi connectivity index (χ4n) is 3.67. The fraction of sp³-hybridized carbons (Fsp3) is 0.308. The van der Waals surface area contributed by atoms with Gasteiger partial charge in [0, 0.05) is 43.2 Å². The molecular formula is C26H29FN4O3. The van der Waals surface area contributed by atoms with E-state index in [0.29, 0.717) is 50.2 Å². The van der Waals surface area contributed by atoms with Gasteiger partial charge in [-0.3, -0.25) is 4.90 Å². The van der Waals surface area contributed by atoms with E-state index in [0.717, 1.165) is 29.1 Å². The molecule has 0 saturated heterocycles. The van der Waals surface area contributed by atoms with Crippen LogP contribution in [0.4, 0.5) is 16.0 Å². The third kappa shape index (κ3) is 6.60. The van der Waals surface area contributed by atoms with Crippen molar-refractivity contribution in [2.45, 2.75) is 13.2 Å². The first kappa shape index (κ1) is 23.8. The number of aromatic nitrogens is 2. The van der Waals surface area contributed by atoms with Crippen LogP contribution in [0.1, 0.15) is 11.1 Å². The van der Waals surface area contributed by atoms with E-state index in [4.69, 9.17) is 14.2 Å². The van der Waals surface area contributed by atoms with Crippen LogP contribution in [0.3, 0.4) is 0 Å². The maximum Gasteiger partial charge on any atom is 0.227 e. The second kappa shape index (κ2) is 11.7. The van der Waals surface area contributed by atoms with Crippen molar-refractivity contribution in [3.05, 3.63) is 77.8 Å². The number of hydrogen-bond acceptors (Lipinski definition) is 7. The van der Waals surface area contributed by atoms with E-state index >= 15 is 0 Å². The number of benzene rings is 2. The molecule has 34 heavy (non-hydrogen) atoms. The van der Waals surface area contributed by atoms with Crippen LogP contribution in [-0.4, -0.2) is 55.4 Å². The zero-order chi connectivity index (χ0) is 23.8. The number of hydrogen-bond donors (Lipinski definition) is 1. The lowest BCUT2D eigenvalue weighted by atomic mass is 10.1. The molecular weight excluding hydrogens is 435 g/mol. The maximum atomic E-state index is 14.3. The summed E-state index contributed by atoms with van der Waals surface area (Å²) in [5, 5.41) is 3.27. The highest BCUT2D eigenvalue weighted by atomic mass is 19.1. The number of ether oxygens (including phenoxy) is 3. The van der Waals surface area contributed by atoms with E-state index in [2.05, 4.69) is 26.3 Å². The average Bonchev–Trinajstić information content (AvgIpc) is 2.82. The Kier molecular flexibility index (Phi) is 8.19. The van der Waals surface area contributed by atoms with Crippen molar-refractivity contribution >= 4 is 11.6 Å². The summed E-state index contributed by atoms with van der Waals surface area (Å²) >= 11 is 0. The highest BCUT2D eigenvalue weighted by Gasteiger charge is 2.11. The molecule has 1 aromatic heterocycles. The third-order valence-electron chi connectivity index (χ3n) is 5.28. The first-order valence-corrected chi connectivity index (χ1v) is 11.2. The summed E-state index contributed by atoms with van der Waals surface area (Å²) in [4.78, 5) is 11.1. The van der Waals surface area contributed by atoms with Crippen molar-refractivity contribution in [3.63, 3.8) is 0 Å². The van der Waals surface area contributed by atoms with Gasteiger partial charge in [0.25, 0.3) is 0 Å². The van der Waals surface area contributed by atoms with Gasteiger partial charge in [0.05, 0.1) is 25.5 Å². The summed E-state index contributed by atoms with van der Waals surface area (Å²) in [5.41, 5.74) is 3.91. The smallest absolute Gasteiger partial charge is 0.227 e. The summed E-state index contributed by atoms with van der Waals surface area (Å²) in [6.45, 7) is 3.18. The van der Waals surface area contributed by atoms with E-state index in [1.165, 1.54) is 12.1 Å². The Balaban J connectivity index is 1.68. The van der Waals surface area contributed by atoms with Crippen LogP contribution in [-0.2, 0) is 22.6 Å². The van der Waals surface area contributed by atoms with Gasteiger partial charge in [-0.15, -0.1) is 0 Å². The molecule has 1 N–H and O–H groups in total. The maximum absolute atomic E-state index is 14.3. The van der Waals surface area contributed by atoms with Gasteiger partial charge >= 0.3 is 0 Å². The van der Waals surface area contributed by atoms with Crippen molar-refractivity contribution in [1.29, 1.82) is 0 Å². The van der Waals surface area contributed by atoms with Crippen LogP contribution in [0.25, 0.3) is 11.3 Å². The van der Waals surface area contributed by atoms with Gasteiger partial charge in [0.1, 0.15) is 18.2 Å². The van der Waals surface area contributed by atoms with Gasteiger partial charge in [0.2, 0.25) is 5.95 Å². The molecule has 0 amide bonds. The molecule has 0 spiro atoms. The molecule has 0 radical (unpaired) electrons. The lowest BCUT2D eigenvalue weighted by molar-refractivity contribution is 0.145. The largest absolute Gasteiger partial charge is 0.491 e. The molecule has 0 fully saturated rings. The van der Waals surface area contributed by atoms with E-state index < -0.39 is 0 Å². The predicted molar refractivity (Wildman–Crippen MR) is 130 cm³/mol. The Morgan fingerprint density at radius 1 is 1.12 bits per heavy atom. The Labute approximate surface area is 199 Å². The fourth-order valence-corrected chi connectivity index (χ4v) is 3.67. The minimum atomic E-state index is -0.329. The quantitative estimate of drug-likeness (QED) is 0.448. The molecule has 178 valence electrons.